The number of nitro groups is 1. The van der Waals surface area contributed by atoms with Crippen molar-refractivity contribution in [1.82, 2.24) is 0 Å². The van der Waals surface area contributed by atoms with Gasteiger partial charge in [-0.25, -0.2) is 4.79 Å². The lowest BCUT2D eigenvalue weighted by Crippen LogP contribution is -2.15. The van der Waals surface area contributed by atoms with Crippen LogP contribution < -0.4 is 10.1 Å². The molecule has 8 heteroatoms. The predicted molar refractivity (Wildman–Crippen MR) is 89.9 cm³/mol. The minimum Gasteiger partial charge on any atom is -0.423 e. The van der Waals surface area contributed by atoms with Gasteiger partial charge in [0.15, 0.2) is 0 Å². The molecule has 0 heterocycles. The summed E-state index contributed by atoms with van der Waals surface area (Å²) in [6, 6.07) is 10.2. The second-order valence-corrected chi connectivity index (χ2v) is 5.19. The lowest BCUT2D eigenvalue weighted by Gasteiger charge is -2.11. The number of nitro benzene ring substituents is 1. The van der Waals surface area contributed by atoms with Crippen LogP contribution in [0.2, 0.25) is 5.02 Å². The molecule has 0 fully saturated rings. The lowest BCUT2D eigenvalue weighted by atomic mass is 10.1. The van der Waals surface area contributed by atoms with E-state index < -0.39 is 10.9 Å². The highest BCUT2D eigenvalue weighted by Crippen LogP contribution is 2.24. The van der Waals surface area contributed by atoms with E-state index in [9.17, 15) is 14.9 Å². The van der Waals surface area contributed by atoms with Gasteiger partial charge in [0, 0.05) is 36.5 Å². The van der Waals surface area contributed by atoms with Crippen molar-refractivity contribution in [1.29, 1.82) is 0 Å². The first-order chi connectivity index (χ1) is 11.5. The lowest BCUT2D eigenvalue weighted by molar-refractivity contribution is -0.384. The Kier molecular flexibility index (Phi) is 6.11. The second-order valence-electron chi connectivity index (χ2n) is 4.75. The number of hydrogen-bond acceptors (Lipinski definition) is 6. The maximum atomic E-state index is 12.4. The van der Waals surface area contributed by atoms with Crippen LogP contribution in [0.15, 0.2) is 42.5 Å². The van der Waals surface area contributed by atoms with Gasteiger partial charge in [0.25, 0.3) is 5.69 Å². The number of halogens is 1. The van der Waals surface area contributed by atoms with E-state index in [1.54, 1.807) is 19.2 Å². The molecule has 0 atom stereocenters. The SMILES string of the molecule is COCCNc1ccc([N+](=O)[O-])cc1C(=O)Oc1ccc(Cl)cc1. The van der Waals surface area contributed by atoms with Crippen molar-refractivity contribution >= 4 is 28.9 Å². The Morgan fingerprint density at radius 3 is 2.58 bits per heavy atom. The molecule has 0 aromatic heterocycles. The fourth-order valence-corrected chi connectivity index (χ4v) is 2.05. The zero-order valence-electron chi connectivity index (χ0n) is 12.8. The van der Waals surface area contributed by atoms with Crippen LogP contribution in [0.1, 0.15) is 10.4 Å². The number of carbonyl (C=O) groups is 1. The van der Waals surface area contributed by atoms with Crippen LogP contribution >= 0.6 is 11.6 Å². The van der Waals surface area contributed by atoms with E-state index in [1.807, 2.05) is 0 Å². The summed E-state index contributed by atoms with van der Waals surface area (Å²) < 4.78 is 10.2. The van der Waals surface area contributed by atoms with Crippen LogP contribution in [0.3, 0.4) is 0 Å². The van der Waals surface area contributed by atoms with Gasteiger partial charge in [0.1, 0.15) is 5.75 Å². The molecule has 0 aliphatic rings. The van der Waals surface area contributed by atoms with Crippen molar-refractivity contribution in [3.05, 3.63) is 63.2 Å². The number of ether oxygens (including phenoxy) is 2. The van der Waals surface area contributed by atoms with E-state index in [0.717, 1.165) is 0 Å². The third-order valence-electron chi connectivity index (χ3n) is 3.08. The highest BCUT2D eigenvalue weighted by Gasteiger charge is 2.18. The second kappa shape index (κ2) is 8.28. The number of nitrogens with one attached hydrogen (secondary N) is 1. The molecule has 0 aliphatic heterocycles. The zero-order valence-corrected chi connectivity index (χ0v) is 13.6. The van der Waals surface area contributed by atoms with Gasteiger partial charge >= 0.3 is 5.97 Å². The van der Waals surface area contributed by atoms with Gasteiger partial charge < -0.3 is 14.8 Å². The average Bonchev–Trinajstić information content (AvgIpc) is 2.57. The van der Waals surface area contributed by atoms with Crippen molar-refractivity contribution in [2.24, 2.45) is 0 Å². The quantitative estimate of drug-likeness (QED) is 0.270. The fraction of sp³-hybridized carbons (Fsp3) is 0.188. The van der Waals surface area contributed by atoms with Crippen molar-refractivity contribution in [2.75, 3.05) is 25.6 Å². The van der Waals surface area contributed by atoms with Gasteiger partial charge in [-0.2, -0.15) is 0 Å². The highest BCUT2D eigenvalue weighted by molar-refractivity contribution is 6.30. The summed E-state index contributed by atoms with van der Waals surface area (Å²) in [5.41, 5.74) is 0.294. The molecule has 0 radical (unpaired) electrons. The Morgan fingerprint density at radius 1 is 1.25 bits per heavy atom. The minimum absolute atomic E-state index is 0.0650. The summed E-state index contributed by atoms with van der Waals surface area (Å²) in [6.07, 6.45) is 0. The molecule has 1 N–H and O–H groups in total. The summed E-state index contributed by atoms with van der Waals surface area (Å²) >= 11 is 5.78. The van der Waals surface area contributed by atoms with Gasteiger partial charge in [-0.05, 0) is 30.3 Å². The molecule has 0 saturated heterocycles. The monoisotopic (exact) mass is 350 g/mol. The summed E-state index contributed by atoms with van der Waals surface area (Å²) in [6.45, 7) is 0.859. The Balaban J connectivity index is 2.26. The van der Waals surface area contributed by atoms with Crippen LogP contribution in [0.4, 0.5) is 11.4 Å². The number of non-ortho nitro benzene ring substituents is 1. The molecule has 0 bridgehead atoms. The van der Waals surface area contributed by atoms with Gasteiger partial charge in [-0.3, -0.25) is 10.1 Å². The molecule has 7 nitrogen and oxygen atoms in total. The fourth-order valence-electron chi connectivity index (χ4n) is 1.92. The third-order valence-corrected chi connectivity index (χ3v) is 3.33. The summed E-state index contributed by atoms with van der Waals surface area (Å²) in [5, 5.41) is 14.4. The number of methoxy groups -OCH3 is 1. The smallest absolute Gasteiger partial charge is 0.345 e. The topological polar surface area (TPSA) is 90.7 Å². The molecule has 0 unspecified atom stereocenters. The molecule has 0 amide bonds. The van der Waals surface area contributed by atoms with Crippen LogP contribution in [-0.4, -0.2) is 31.2 Å². The number of nitrogens with zero attached hydrogens (tertiary/aromatic N) is 1. The maximum Gasteiger partial charge on any atom is 0.345 e. The molecule has 2 aromatic carbocycles. The van der Waals surface area contributed by atoms with Crippen LogP contribution in [-0.2, 0) is 4.74 Å². The average molecular weight is 351 g/mol. The maximum absolute atomic E-state index is 12.4. The number of hydrogen-bond donors (Lipinski definition) is 1. The highest BCUT2D eigenvalue weighted by atomic mass is 35.5. The van der Waals surface area contributed by atoms with E-state index in [1.165, 1.54) is 30.3 Å². The molecular weight excluding hydrogens is 336 g/mol. The van der Waals surface area contributed by atoms with Gasteiger partial charge in [-0.1, -0.05) is 11.6 Å². The van der Waals surface area contributed by atoms with Crippen LogP contribution in [0.5, 0.6) is 5.75 Å². The number of anilines is 1. The first-order valence-electron chi connectivity index (χ1n) is 7.00. The first-order valence-corrected chi connectivity index (χ1v) is 7.38. The van der Waals surface area contributed by atoms with E-state index >= 15 is 0 Å². The Morgan fingerprint density at radius 2 is 1.96 bits per heavy atom. The van der Waals surface area contributed by atoms with E-state index in [-0.39, 0.29) is 11.3 Å². The summed E-state index contributed by atoms with van der Waals surface area (Å²) in [7, 11) is 1.55. The van der Waals surface area contributed by atoms with Crippen molar-refractivity contribution in [3.8, 4) is 5.75 Å². The largest absolute Gasteiger partial charge is 0.423 e. The van der Waals surface area contributed by atoms with E-state index in [2.05, 4.69) is 5.32 Å². The van der Waals surface area contributed by atoms with Gasteiger partial charge in [0.05, 0.1) is 17.1 Å². The number of rotatable bonds is 7. The summed E-state index contributed by atoms with van der Waals surface area (Å²) in [4.78, 5) is 22.7. The minimum atomic E-state index is -0.707. The van der Waals surface area contributed by atoms with Crippen LogP contribution in [0.25, 0.3) is 0 Å². The molecule has 0 saturated carbocycles. The molecule has 0 aliphatic carbocycles. The molecule has 0 spiro atoms. The van der Waals surface area contributed by atoms with Crippen molar-refractivity contribution in [2.45, 2.75) is 0 Å². The Hall–Kier alpha value is -2.64. The predicted octanol–water partition coefficient (Wildman–Crippen LogP) is 3.53. The third kappa shape index (κ3) is 4.68. The van der Waals surface area contributed by atoms with E-state index in [4.69, 9.17) is 21.1 Å². The molecular formula is C16H15ClN2O5. The molecule has 2 aromatic rings. The van der Waals surface area contributed by atoms with Gasteiger partial charge in [0.2, 0.25) is 0 Å². The summed E-state index contributed by atoms with van der Waals surface area (Å²) in [5.74, 6) is -0.417. The van der Waals surface area contributed by atoms with Crippen molar-refractivity contribution < 1.29 is 19.2 Å². The van der Waals surface area contributed by atoms with E-state index in [0.29, 0.717) is 29.6 Å². The molecule has 24 heavy (non-hydrogen) atoms. The first kappa shape index (κ1) is 17.7. The number of benzene rings is 2. The number of carbonyl (C=O) groups excluding carboxylic acids is 1. The normalized spacial score (nSPS) is 10.2. The van der Waals surface area contributed by atoms with Crippen LogP contribution in [0, 0.1) is 10.1 Å². The zero-order chi connectivity index (χ0) is 17.5. The molecule has 2 rings (SSSR count). The van der Waals surface area contributed by atoms with Gasteiger partial charge in [-0.15, -0.1) is 0 Å². The Bertz CT molecular complexity index is 734. The number of esters is 1. The molecule has 126 valence electrons. The standard InChI is InChI=1S/C16H15ClN2O5/c1-23-9-8-18-15-7-4-12(19(21)22)10-14(15)16(20)24-13-5-2-11(17)3-6-13/h2-7,10,18H,8-9H2,1H3. The Labute approximate surface area is 143 Å². The van der Waals surface area contributed by atoms with Crippen molar-refractivity contribution in [3.63, 3.8) is 0 Å².